The molecule has 2 aromatic rings. The number of ether oxygens (including phenoxy) is 1. The van der Waals surface area contributed by atoms with Crippen LogP contribution in [0.2, 0.25) is 10.0 Å². The van der Waals surface area contributed by atoms with E-state index in [0.717, 1.165) is 0 Å². The molecule has 0 aliphatic rings. The molecule has 5 nitrogen and oxygen atoms in total. The molecule has 0 spiro atoms. The van der Waals surface area contributed by atoms with Gasteiger partial charge in [-0.25, -0.2) is 0 Å². The van der Waals surface area contributed by atoms with Crippen molar-refractivity contribution in [3.8, 4) is 5.75 Å². The van der Waals surface area contributed by atoms with Crippen LogP contribution in [0, 0.1) is 0 Å². The summed E-state index contributed by atoms with van der Waals surface area (Å²) in [6.07, 6.45) is -0.838. The molecule has 2 rings (SSSR count). The molecule has 0 aliphatic heterocycles. The lowest BCUT2D eigenvalue weighted by Crippen LogP contribution is -2.47. The Morgan fingerprint density at radius 3 is 2.48 bits per heavy atom. The van der Waals surface area contributed by atoms with Crippen molar-refractivity contribution in [2.45, 2.75) is 13.0 Å². The molecule has 2 aromatic carbocycles. The molecule has 0 bridgehead atoms. The number of para-hydroxylation sites is 1. The molecule has 1 atom stereocenters. The van der Waals surface area contributed by atoms with Gasteiger partial charge in [-0.3, -0.25) is 20.4 Å². The quantitative estimate of drug-likeness (QED) is 0.830. The van der Waals surface area contributed by atoms with Crippen molar-refractivity contribution in [1.29, 1.82) is 0 Å². The summed E-state index contributed by atoms with van der Waals surface area (Å²) >= 11 is 11.8. The minimum Gasteiger partial charge on any atom is -0.479 e. The summed E-state index contributed by atoms with van der Waals surface area (Å²) in [6, 6.07) is 13.2. The second-order valence-electron chi connectivity index (χ2n) is 4.64. The molecule has 0 aromatic heterocycles. The molecule has 0 heterocycles. The van der Waals surface area contributed by atoms with Gasteiger partial charge in [-0.05, 0) is 37.3 Å². The van der Waals surface area contributed by atoms with Gasteiger partial charge in [0.25, 0.3) is 11.8 Å². The molecule has 0 aliphatic carbocycles. The Kier molecular flexibility index (Phi) is 5.84. The van der Waals surface area contributed by atoms with E-state index in [1.807, 2.05) is 0 Å². The van der Waals surface area contributed by atoms with Crippen molar-refractivity contribution in [2.24, 2.45) is 0 Å². The maximum Gasteiger partial charge on any atom is 0.279 e. The van der Waals surface area contributed by atoms with Crippen molar-refractivity contribution >= 4 is 35.0 Å². The van der Waals surface area contributed by atoms with E-state index in [0.29, 0.717) is 21.4 Å². The number of hydrogen-bond donors (Lipinski definition) is 2. The fourth-order valence-corrected chi connectivity index (χ4v) is 2.08. The van der Waals surface area contributed by atoms with Crippen LogP contribution in [0.3, 0.4) is 0 Å². The van der Waals surface area contributed by atoms with E-state index in [1.165, 1.54) is 6.07 Å². The van der Waals surface area contributed by atoms with E-state index in [2.05, 4.69) is 10.9 Å². The zero-order chi connectivity index (χ0) is 16.8. The Labute approximate surface area is 143 Å². The number of hydrogen-bond acceptors (Lipinski definition) is 3. The first-order valence-electron chi connectivity index (χ1n) is 6.74. The number of carbonyl (C=O) groups excluding carboxylic acids is 2. The third kappa shape index (κ3) is 4.87. The van der Waals surface area contributed by atoms with Gasteiger partial charge in [0.15, 0.2) is 6.10 Å². The lowest BCUT2D eigenvalue weighted by molar-refractivity contribution is -0.128. The number of benzene rings is 2. The topological polar surface area (TPSA) is 67.4 Å². The monoisotopic (exact) mass is 352 g/mol. The zero-order valence-corrected chi connectivity index (χ0v) is 13.7. The molecule has 0 saturated carbocycles. The highest BCUT2D eigenvalue weighted by Gasteiger charge is 2.17. The largest absolute Gasteiger partial charge is 0.479 e. The molecular formula is C16H14Cl2N2O3. The van der Waals surface area contributed by atoms with Crippen LogP contribution in [0.1, 0.15) is 17.3 Å². The SMILES string of the molecule is CC(Oc1ccccc1Cl)C(=O)NNC(=O)c1cccc(Cl)c1. The van der Waals surface area contributed by atoms with Crippen molar-refractivity contribution in [2.75, 3.05) is 0 Å². The van der Waals surface area contributed by atoms with Gasteiger partial charge < -0.3 is 4.74 Å². The number of carbonyl (C=O) groups is 2. The van der Waals surface area contributed by atoms with Crippen LogP contribution < -0.4 is 15.6 Å². The minimum absolute atomic E-state index is 0.331. The number of hydrazine groups is 1. The van der Waals surface area contributed by atoms with Crippen molar-refractivity contribution in [3.05, 3.63) is 64.1 Å². The van der Waals surface area contributed by atoms with E-state index >= 15 is 0 Å². The highest BCUT2D eigenvalue weighted by atomic mass is 35.5. The normalized spacial score (nSPS) is 11.4. The molecule has 2 amide bonds. The van der Waals surface area contributed by atoms with E-state index in [-0.39, 0.29) is 0 Å². The average molecular weight is 353 g/mol. The summed E-state index contributed by atoms with van der Waals surface area (Å²) in [4.78, 5) is 23.8. The standard InChI is InChI=1S/C16H14Cl2N2O3/c1-10(23-14-8-3-2-7-13(14)18)15(21)19-20-16(22)11-5-4-6-12(17)9-11/h2-10H,1H3,(H,19,21)(H,20,22). The molecule has 2 N–H and O–H groups in total. The Balaban J connectivity index is 1.89. The number of nitrogens with one attached hydrogen (secondary N) is 2. The fraction of sp³-hybridized carbons (Fsp3) is 0.125. The minimum atomic E-state index is -0.838. The third-order valence-electron chi connectivity index (χ3n) is 2.90. The summed E-state index contributed by atoms with van der Waals surface area (Å²) in [5.41, 5.74) is 4.92. The molecular weight excluding hydrogens is 339 g/mol. The Morgan fingerprint density at radius 2 is 1.78 bits per heavy atom. The van der Waals surface area contributed by atoms with Crippen molar-refractivity contribution < 1.29 is 14.3 Å². The van der Waals surface area contributed by atoms with Crippen LogP contribution in [0.15, 0.2) is 48.5 Å². The maximum atomic E-state index is 11.9. The smallest absolute Gasteiger partial charge is 0.279 e. The fourth-order valence-electron chi connectivity index (χ4n) is 1.71. The van der Waals surface area contributed by atoms with Gasteiger partial charge >= 0.3 is 0 Å². The lowest BCUT2D eigenvalue weighted by atomic mass is 10.2. The van der Waals surface area contributed by atoms with Crippen molar-refractivity contribution in [3.63, 3.8) is 0 Å². The van der Waals surface area contributed by atoms with Gasteiger partial charge in [0, 0.05) is 10.6 Å². The Bertz CT molecular complexity index is 722. The molecule has 120 valence electrons. The molecule has 23 heavy (non-hydrogen) atoms. The molecule has 0 radical (unpaired) electrons. The Hall–Kier alpha value is -2.24. The summed E-state index contributed by atoms with van der Waals surface area (Å²) in [7, 11) is 0. The van der Waals surface area contributed by atoms with Crippen LogP contribution in [0.25, 0.3) is 0 Å². The predicted octanol–water partition coefficient (Wildman–Crippen LogP) is 3.22. The van der Waals surface area contributed by atoms with E-state index in [4.69, 9.17) is 27.9 Å². The highest BCUT2D eigenvalue weighted by Crippen LogP contribution is 2.24. The van der Waals surface area contributed by atoms with Crippen LogP contribution in [0.4, 0.5) is 0 Å². The van der Waals surface area contributed by atoms with Crippen LogP contribution >= 0.6 is 23.2 Å². The first-order valence-corrected chi connectivity index (χ1v) is 7.50. The van der Waals surface area contributed by atoms with Gasteiger partial charge in [0.1, 0.15) is 5.75 Å². The van der Waals surface area contributed by atoms with Gasteiger partial charge in [-0.1, -0.05) is 41.4 Å². The maximum absolute atomic E-state index is 11.9. The van der Waals surface area contributed by atoms with Crippen molar-refractivity contribution in [1.82, 2.24) is 10.9 Å². The number of rotatable bonds is 4. The summed E-state index contributed by atoms with van der Waals surface area (Å²) in [6.45, 7) is 1.55. The second kappa shape index (κ2) is 7.85. The third-order valence-corrected chi connectivity index (χ3v) is 3.44. The Morgan fingerprint density at radius 1 is 1.04 bits per heavy atom. The summed E-state index contributed by atoms with van der Waals surface area (Å²) in [5.74, 6) is -0.607. The highest BCUT2D eigenvalue weighted by molar-refractivity contribution is 6.32. The van der Waals surface area contributed by atoms with Crippen LogP contribution in [-0.2, 0) is 4.79 Å². The second-order valence-corrected chi connectivity index (χ2v) is 5.49. The molecule has 7 heteroatoms. The summed E-state index contributed by atoms with van der Waals surface area (Å²) in [5, 5.41) is 0.828. The molecule has 0 fully saturated rings. The van der Waals surface area contributed by atoms with E-state index in [9.17, 15) is 9.59 Å². The zero-order valence-electron chi connectivity index (χ0n) is 12.2. The molecule has 1 unspecified atom stereocenters. The first-order chi connectivity index (χ1) is 11.0. The number of halogens is 2. The van der Waals surface area contributed by atoms with Crippen LogP contribution in [0.5, 0.6) is 5.75 Å². The average Bonchev–Trinajstić information content (AvgIpc) is 2.54. The summed E-state index contributed by atoms with van der Waals surface area (Å²) < 4.78 is 5.45. The van der Waals surface area contributed by atoms with E-state index < -0.39 is 17.9 Å². The first kappa shape index (κ1) is 17.1. The van der Waals surface area contributed by atoms with Gasteiger partial charge in [0.2, 0.25) is 0 Å². The van der Waals surface area contributed by atoms with Gasteiger partial charge in [-0.2, -0.15) is 0 Å². The number of amides is 2. The van der Waals surface area contributed by atoms with E-state index in [1.54, 1.807) is 49.4 Å². The lowest BCUT2D eigenvalue weighted by Gasteiger charge is -2.16. The van der Waals surface area contributed by atoms with Gasteiger partial charge in [0.05, 0.1) is 5.02 Å². The van der Waals surface area contributed by atoms with Crippen LogP contribution in [-0.4, -0.2) is 17.9 Å². The predicted molar refractivity (Wildman–Crippen MR) is 88.6 cm³/mol. The van der Waals surface area contributed by atoms with Gasteiger partial charge in [-0.15, -0.1) is 0 Å². The molecule has 0 saturated heterocycles.